The van der Waals surface area contributed by atoms with Crippen molar-refractivity contribution in [1.29, 1.82) is 0 Å². The van der Waals surface area contributed by atoms with Crippen LogP contribution in [0.1, 0.15) is 25.0 Å². The Hall–Kier alpha value is -1.26. The Kier molecular flexibility index (Phi) is 3.94. The second-order valence-electron chi connectivity index (χ2n) is 3.45. The number of ether oxygens (including phenoxy) is 1. The Morgan fingerprint density at radius 3 is 2.67 bits per heavy atom. The van der Waals surface area contributed by atoms with Crippen molar-refractivity contribution in [3.05, 3.63) is 23.8 Å². The van der Waals surface area contributed by atoms with Crippen LogP contribution in [0.5, 0.6) is 11.5 Å². The third-order valence-electron chi connectivity index (χ3n) is 2.42. The van der Waals surface area contributed by atoms with E-state index in [-0.39, 0.29) is 11.8 Å². The van der Waals surface area contributed by atoms with Gasteiger partial charge in [-0.25, -0.2) is 0 Å². The van der Waals surface area contributed by atoms with Gasteiger partial charge in [-0.3, -0.25) is 0 Å². The fraction of sp³-hybridized carbons (Fsp3) is 0.455. The Labute approximate surface area is 89.3 Å². The van der Waals surface area contributed by atoms with Crippen LogP contribution in [0.3, 0.4) is 0 Å². The van der Waals surface area contributed by atoms with Gasteiger partial charge in [0.2, 0.25) is 0 Å². The van der Waals surface area contributed by atoms with Crippen LogP contribution in [0, 0.1) is 0 Å². The van der Waals surface area contributed by atoms with Gasteiger partial charge in [-0.2, -0.15) is 0 Å². The minimum atomic E-state index is -0.732. The molecule has 4 N–H and O–H groups in total. The highest BCUT2D eigenvalue weighted by atomic mass is 16.5. The standard InChI is InChI=1S/C11H17NO3/c1-3-8(12)11(14)7-4-5-9(13)10(6-7)15-2/h4-6,8,11,13-14H,3,12H2,1-2H3. The third kappa shape index (κ3) is 2.61. The van der Waals surface area contributed by atoms with Gasteiger partial charge in [0, 0.05) is 6.04 Å². The van der Waals surface area contributed by atoms with Crippen LogP contribution in [0.4, 0.5) is 0 Å². The molecule has 0 saturated heterocycles. The largest absolute Gasteiger partial charge is 0.504 e. The minimum absolute atomic E-state index is 0.0542. The summed E-state index contributed by atoms with van der Waals surface area (Å²) in [5, 5.41) is 19.2. The van der Waals surface area contributed by atoms with E-state index in [0.29, 0.717) is 17.7 Å². The van der Waals surface area contributed by atoms with E-state index >= 15 is 0 Å². The number of aromatic hydroxyl groups is 1. The Morgan fingerprint density at radius 2 is 2.13 bits per heavy atom. The molecule has 0 spiro atoms. The monoisotopic (exact) mass is 211 g/mol. The van der Waals surface area contributed by atoms with Gasteiger partial charge in [0.05, 0.1) is 13.2 Å². The number of rotatable bonds is 4. The van der Waals surface area contributed by atoms with Crippen molar-refractivity contribution in [2.45, 2.75) is 25.5 Å². The molecule has 0 saturated carbocycles. The van der Waals surface area contributed by atoms with E-state index in [1.165, 1.54) is 13.2 Å². The van der Waals surface area contributed by atoms with Crippen LogP contribution in [-0.4, -0.2) is 23.4 Å². The zero-order valence-electron chi connectivity index (χ0n) is 8.97. The topological polar surface area (TPSA) is 75.7 Å². The van der Waals surface area contributed by atoms with Crippen LogP contribution in [0.15, 0.2) is 18.2 Å². The molecule has 4 heteroatoms. The van der Waals surface area contributed by atoms with Gasteiger partial charge in [-0.05, 0) is 24.1 Å². The van der Waals surface area contributed by atoms with Gasteiger partial charge < -0.3 is 20.7 Å². The van der Waals surface area contributed by atoms with E-state index in [9.17, 15) is 10.2 Å². The first-order valence-corrected chi connectivity index (χ1v) is 4.90. The smallest absolute Gasteiger partial charge is 0.160 e. The molecule has 2 atom stereocenters. The molecule has 0 radical (unpaired) electrons. The molecule has 0 bridgehead atoms. The summed E-state index contributed by atoms with van der Waals surface area (Å²) < 4.78 is 4.95. The molecule has 1 aromatic carbocycles. The first-order valence-electron chi connectivity index (χ1n) is 4.90. The van der Waals surface area contributed by atoms with Gasteiger partial charge in [0.15, 0.2) is 11.5 Å². The molecule has 4 nitrogen and oxygen atoms in total. The van der Waals surface area contributed by atoms with Crippen molar-refractivity contribution < 1.29 is 14.9 Å². The summed E-state index contributed by atoms with van der Waals surface area (Å²) in [6, 6.07) is 4.41. The molecule has 0 aliphatic heterocycles. The van der Waals surface area contributed by atoms with E-state index in [1.807, 2.05) is 6.92 Å². The molecule has 2 unspecified atom stereocenters. The summed E-state index contributed by atoms with van der Waals surface area (Å²) in [7, 11) is 1.46. The lowest BCUT2D eigenvalue weighted by molar-refractivity contribution is 0.144. The number of aliphatic hydroxyl groups excluding tert-OH is 1. The Balaban J connectivity index is 2.95. The second kappa shape index (κ2) is 5.00. The Bertz CT molecular complexity index is 328. The van der Waals surface area contributed by atoms with E-state index in [4.69, 9.17) is 10.5 Å². The number of benzene rings is 1. The fourth-order valence-electron chi connectivity index (χ4n) is 1.35. The molecule has 0 aliphatic carbocycles. The minimum Gasteiger partial charge on any atom is -0.504 e. The third-order valence-corrected chi connectivity index (χ3v) is 2.42. The molecule has 84 valence electrons. The zero-order chi connectivity index (χ0) is 11.4. The molecule has 0 heterocycles. The number of aliphatic hydroxyl groups is 1. The average Bonchev–Trinajstić information content (AvgIpc) is 2.27. The maximum Gasteiger partial charge on any atom is 0.160 e. The van der Waals surface area contributed by atoms with Crippen LogP contribution in [0.25, 0.3) is 0 Å². The molecule has 1 rings (SSSR count). The van der Waals surface area contributed by atoms with Crippen molar-refractivity contribution >= 4 is 0 Å². The van der Waals surface area contributed by atoms with Crippen LogP contribution in [0.2, 0.25) is 0 Å². The van der Waals surface area contributed by atoms with Gasteiger partial charge in [-0.15, -0.1) is 0 Å². The predicted molar refractivity (Wildman–Crippen MR) is 57.9 cm³/mol. The number of phenols is 1. The second-order valence-corrected chi connectivity index (χ2v) is 3.45. The maximum atomic E-state index is 9.84. The van der Waals surface area contributed by atoms with Gasteiger partial charge >= 0.3 is 0 Å². The average molecular weight is 211 g/mol. The lowest BCUT2D eigenvalue weighted by Gasteiger charge is -2.18. The number of hydrogen-bond acceptors (Lipinski definition) is 4. The molecule has 0 aliphatic rings. The fourth-order valence-corrected chi connectivity index (χ4v) is 1.35. The lowest BCUT2D eigenvalue weighted by atomic mass is 10.0. The summed E-state index contributed by atoms with van der Waals surface area (Å²) in [5.74, 6) is 0.397. The van der Waals surface area contributed by atoms with E-state index in [0.717, 1.165) is 0 Å². The summed E-state index contributed by atoms with van der Waals surface area (Å²) in [4.78, 5) is 0. The van der Waals surface area contributed by atoms with Crippen molar-refractivity contribution in [3.63, 3.8) is 0 Å². The summed E-state index contributed by atoms with van der Waals surface area (Å²) in [5.41, 5.74) is 6.38. The number of phenolic OH excluding ortho intramolecular Hbond substituents is 1. The van der Waals surface area contributed by atoms with E-state index in [2.05, 4.69) is 0 Å². The van der Waals surface area contributed by atoms with Crippen LogP contribution >= 0.6 is 0 Å². The number of methoxy groups -OCH3 is 1. The lowest BCUT2D eigenvalue weighted by Crippen LogP contribution is -2.27. The highest BCUT2D eigenvalue weighted by Gasteiger charge is 2.16. The normalized spacial score (nSPS) is 14.7. The van der Waals surface area contributed by atoms with Crippen molar-refractivity contribution in [2.24, 2.45) is 5.73 Å². The molecular weight excluding hydrogens is 194 g/mol. The van der Waals surface area contributed by atoms with Gasteiger partial charge in [0.1, 0.15) is 0 Å². The quantitative estimate of drug-likeness (QED) is 0.698. The van der Waals surface area contributed by atoms with Crippen molar-refractivity contribution in [1.82, 2.24) is 0 Å². The van der Waals surface area contributed by atoms with Crippen molar-refractivity contribution in [2.75, 3.05) is 7.11 Å². The molecule has 0 fully saturated rings. The molecular formula is C11H17NO3. The van der Waals surface area contributed by atoms with Gasteiger partial charge in [0.25, 0.3) is 0 Å². The van der Waals surface area contributed by atoms with Crippen molar-refractivity contribution in [3.8, 4) is 11.5 Å². The zero-order valence-corrected chi connectivity index (χ0v) is 8.97. The SMILES string of the molecule is CCC(N)C(O)c1ccc(O)c(OC)c1. The molecule has 0 amide bonds. The number of hydrogen-bond donors (Lipinski definition) is 3. The maximum absolute atomic E-state index is 9.84. The first-order chi connectivity index (χ1) is 7.10. The molecule has 15 heavy (non-hydrogen) atoms. The summed E-state index contributed by atoms with van der Waals surface area (Å²) >= 11 is 0. The molecule has 0 aromatic heterocycles. The number of nitrogens with two attached hydrogens (primary N) is 1. The van der Waals surface area contributed by atoms with Crippen LogP contribution in [-0.2, 0) is 0 Å². The molecule has 1 aromatic rings. The Morgan fingerprint density at radius 1 is 1.47 bits per heavy atom. The van der Waals surface area contributed by atoms with Crippen LogP contribution < -0.4 is 10.5 Å². The highest BCUT2D eigenvalue weighted by Crippen LogP contribution is 2.29. The first kappa shape index (κ1) is 11.8. The highest BCUT2D eigenvalue weighted by molar-refractivity contribution is 5.42. The predicted octanol–water partition coefficient (Wildman–Crippen LogP) is 1.17. The van der Waals surface area contributed by atoms with Gasteiger partial charge in [-0.1, -0.05) is 13.0 Å². The van der Waals surface area contributed by atoms with E-state index < -0.39 is 6.10 Å². The summed E-state index contributed by atoms with van der Waals surface area (Å²) in [6.45, 7) is 1.91. The van der Waals surface area contributed by atoms with E-state index in [1.54, 1.807) is 12.1 Å². The summed E-state index contributed by atoms with van der Waals surface area (Å²) in [6.07, 6.45) is -0.0471.